The Labute approximate surface area is 87.4 Å². The number of Topliss-reactive ketones (excluding diaryl/α,β-unsaturated/α-hetero) is 1. The molecule has 0 bridgehead atoms. The van der Waals surface area contributed by atoms with Gasteiger partial charge in [-0.3, -0.25) is 9.59 Å². The fourth-order valence-corrected chi connectivity index (χ4v) is 0.702. The van der Waals surface area contributed by atoms with Crippen LogP contribution in [0.25, 0.3) is 0 Å². The summed E-state index contributed by atoms with van der Waals surface area (Å²) in [6.45, 7) is -0.0357. The van der Waals surface area contributed by atoms with E-state index in [1.807, 2.05) is 0 Å². The van der Waals surface area contributed by atoms with Gasteiger partial charge in [-0.15, -0.1) is 24.8 Å². The summed E-state index contributed by atoms with van der Waals surface area (Å²) in [6, 6.07) is 2.75. The Bertz CT molecular complexity index is 304. The number of nitrogens with two attached hydrogens (primary N) is 1. The van der Waals surface area contributed by atoms with Gasteiger partial charge in [-0.1, -0.05) is 0 Å². The van der Waals surface area contributed by atoms with Crippen LogP contribution in [0.5, 0.6) is 0 Å². The first-order valence-corrected chi connectivity index (χ1v) is 3.16. The van der Waals surface area contributed by atoms with E-state index in [1.54, 1.807) is 0 Å². The first-order valence-electron chi connectivity index (χ1n) is 3.16. The van der Waals surface area contributed by atoms with Gasteiger partial charge in [0.15, 0.2) is 5.78 Å². The van der Waals surface area contributed by atoms with Crippen molar-refractivity contribution in [2.45, 2.75) is 0 Å². The molecule has 3 N–H and O–H groups in total. The molecule has 4 nitrogen and oxygen atoms in total. The van der Waals surface area contributed by atoms with E-state index in [9.17, 15) is 9.59 Å². The molecule has 0 unspecified atom stereocenters. The molecule has 0 amide bonds. The van der Waals surface area contributed by atoms with Crippen molar-refractivity contribution in [3.63, 3.8) is 0 Å². The number of rotatable bonds is 2. The summed E-state index contributed by atoms with van der Waals surface area (Å²) in [6.07, 6.45) is 1.36. The predicted molar refractivity (Wildman–Crippen MR) is 54.9 cm³/mol. The highest BCUT2D eigenvalue weighted by Gasteiger charge is 2.00. The zero-order chi connectivity index (χ0) is 8.27. The van der Waals surface area contributed by atoms with E-state index in [2.05, 4.69) is 4.98 Å². The lowest BCUT2D eigenvalue weighted by Gasteiger charge is -1.93. The van der Waals surface area contributed by atoms with E-state index in [0.29, 0.717) is 5.56 Å². The second kappa shape index (κ2) is 6.65. The molecule has 1 heterocycles. The molecule has 0 radical (unpaired) electrons. The molecule has 0 atom stereocenters. The fraction of sp³-hybridized carbons (Fsp3) is 0.143. The van der Waals surface area contributed by atoms with Crippen molar-refractivity contribution in [3.05, 3.63) is 34.2 Å². The van der Waals surface area contributed by atoms with Crippen molar-refractivity contribution in [1.82, 2.24) is 4.98 Å². The quantitative estimate of drug-likeness (QED) is 0.713. The van der Waals surface area contributed by atoms with Crippen LogP contribution in [0.3, 0.4) is 0 Å². The summed E-state index contributed by atoms with van der Waals surface area (Å²) in [4.78, 5) is 23.8. The van der Waals surface area contributed by atoms with Gasteiger partial charge in [0.2, 0.25) is 5.56 Å². The number of pyridine rings is 1. The number of aromatic nitrogens is 1. The Balaban J connectivity index is 0. The lowest BCUT2D eigenvalue weighted by Crippen LogP contribution is -2.15. The summed E-state index contributed by atoms with van der Waals surface area (Å²) in [5.41, 5.74) is 5.31. The molecule has 6 heteroatoms. The first kappa shape index (κ1) is 14.7. The largest absolute Gasteiger partial charge is 0.328 e. The zero-order valence-electron chi connectivity index (χ0n) is 6.65. The summed E-state index contributed by atoms with van der Waals surface area (Å²) < 4.78 is 0. The number of nitrogens with one attached hydrogen (secondary N) is 1. The van der Waals surface area contributed by atoms with Crippen LogP contribution < -0.4 is 11.3 Å². The maximum Gasteiger partial charge on any atom is 0.247 e. The first-order chi connectivity index (χ1) is 5.24. The third-order valence-electron chi connectivity index (χ3n) is 1.29. The topological polar surface area (TPSA) is 76.0 Å². The molecule has 1 aromatic rings. The van der Waals surface area contributed by atoms with E-state index in [4.69, 9.17) is 5.73 Å². The van der Waals surface area contributed by atoms with Gasteiger partial charge in [0.25, 0.3) is 0 Å². The standard InChI is InChI=1S/C7H8N2O2.2ClH/c8-3-6(10)5-1-2-7(11)9-4-5;;/h1-2,4H,3,8H2,(H,9,11);2*1H. The van der Waals surface area contributed by atoms with Crippen molar-refractivity contribution in [1.29, 1.82) is 0 Å². The van der Waals surface area contributed by atoms with Crippen molar-refractivity contribution < 1.29 is 4.79 Å². The highest BCUT2D eigenvalue weighted by Crippen LogP contribution is 1.92. The molecular weight excluding hydrogens is 215 g/mol. The van der Waals surface area contributed by atoms with Crippen LogP contribution in [0.15, 0.2) is 23.1 Å². The highest BCUT2D eigenvalue weighted by molar-refractivity contribution is 5.97. The normalized spacial score (nSPS) is 8.08. The smallest absolute Gasteiger partial charge is 0.247 e. The SMILES string of the molecule is Cl.Cl.NCC(=O)c1ccc(=O)[nH]c1. The fourth-order valence-electron chi connectivity index (χ4n) is 0.702. The van der Waals surface area contributed by atoms with Crippen molar-refractivity contribution >= 4 is 30.6 Å². The molecule has 0 fully saturated rings. The monoisotopic (exact) mass is 224 g/mol. The molecular formula is C7H10Cl2N2O2. The molecule has 1 aromatic heterocycles. The third kappa shape index (κ3) is 4.07. The summed E-state index contributed by atoms with van der Waals surface area (Å²) in [7, 11) is 0. The number of hydrogen-bond donors (Lipinski definition) is 2. The average molecular weight is 225 g/mol. The van der Waals surface area contributed by atoms with Crippen LogP contribution in [-0.2, 0) is 0 Å². The number of carbonyl (C=O) groups excluding carboxylic acids is 1. The second-order valence-electron chi connectivity index (χ2n) is 2.07. The number of aromatic amines is 1. The minimum absolute atomic E-state index is 0. The molecule has 0 aliphatic carbocycles. The minimum atomic E-state index is -0.224. The number of H-pyrrole nitrogens is 1. The van der Waals surface area contributed by atoms with Crippen LogP contribution in [-0.4, -0.2) is 17.3 Å². The van der Waals surface area contributed by atoms with Gasteiger partial charge in [0.05, 0.1) is 6.54 Å². The van der Waals surface area contributed by atoms with Crippen molar-refractivity contribution in [3.8, 4) is 0 Å². The van der Waals surface area contributed by atoms with Crippen LogP contribution in [0.4, 0.5) is 0 Å². The Morgan fingerprint density at radius 3 is 2.38 bits per heavy atom. The number of hydrogen-bond acceptors (Lipinski definition) is 3. The van der Waals surface area contributed by atoms with Gasteiger partial charge in [-0.05, 0) is 6.07 Å². The Morgan fingerprint density at radius 2 is 2.00 bits per heavy atom. The number of carbonyl (C=O) groups is 1. The van der Waals surface area contributed by atoms with E-state index < -0.39 is 0 Å². The highest BCUT2D eigenvalue weighted by atomic mass is 35.5. The molecule has 0 saturated heterocycles. The average Bonchev–Trinajstić information content (AvgIpc) is 2.05. The number of ketones is 1. The Kier molecular flexibility index (Phi) is 7.51. The lowest BCUT2D eigenvalue weighted by molar-refractivity contribution is 0.100. The van der Waals surface area contributed by atoms with E-state index >= 15 is 0 Å². The number of halogens is 2. The molecule has 74 valence electrons. The van der Waals surface area contributed by atoms with E-state index in [1.165, 1.54) is 18.3 Å². The Morgan fingerprint density at radius 1 is 1.38 bits per heavy atom. The van der Waals surface area contributed by atoms with Crippen molar-refractivity contribution in [2.75, 3.05) is 6.54 Å². The second-order valence-corrected chi connectivity index (χ2v) is 2.07. The van der Waals surface area contributed by atoms with Crippen LogP contribution in [0.2, 0.25) is 0 Å². The van der Waals surface area contributed by atoms with Crippen LogP contribution in [0.1, 0.15) is 10.4 Å². The molecule has 1 rings (SSSR count). The third-order valence-corrected chi connectivity index (χ3v) is 1.29. The summed E-state index contributed by atoms with van der Waals surface area (Å²) >= 11 is 0. The van der Waals surface area contributed by atoms with E-state index in [0.717, 1.165) is 0 Å². The maximum atomic E-state index is 10.9. The molecule has 0 aliphatic heterocycles. The predicted octanol–water partition coefficient (Wildman–Crippen LogP) is 0.360. The van der Waals surface area contributed by atoms with E-state index in [-0.39, 0.29) is 42.7 Å². The summed E-state index contributed by atoms with van der Waals surface area (Å²) in [5.74, 6) is -0.179. The Hall–Kier alpha value is -0.840. The van der Waals surface area contributed by atoms with Gasteiger partial charge < -0.3 is 10.7 Å². The van der Waals surface area contributed by atoms with Gasteiger partial charge in [-0.2, -0.15) is 0 Å². The lowest BCUT2D eigenvalue weighted by atomic mass is 10.2. The molecule has 0 aromatic carbocycles. The molecule has 0 aliphatic rings. The van der Waals surface area contributed by atoms with Crippen LogP contribution >= 0.6 is 24.8 Å². The maximum absolute atomic E-state index is 10.9. The minimum Gasteiger partial charge on any atom is -0.328 e. The zero-order valence-corrected chi connectivity index (χ0v) is 8.28. The van der Waals surface area contributed by atoms with Gasteiger partial charge in [-0.25, -0.2) is 0 Å². The van der Waals surface area contributed by atoms with Gasteiger partial charge >= 0.3 is 0 Å². The summed E-state index contributed by atoms with van der Waals surface area (Å²) in [5, 5.41) is 0. The van der Waals surface area contributed by atoms with Gasteiger partial charge in [0.1, 0.15) is 0 Å². The molecule has 13 heavy (non-hydrogen) atoms. The van der Waals surface area contributed by atoms with Gasteiger partial charge in [0, 0.05) is 17.8 Å². The van der Waals surface area contributed by atoms with Crippen molar-refractivity contribution in [2.24, 2.45) is 5.73 Å². The van der Waals surface area contributed by atoms with Crippen LogP contribution in [0, 0.1) is 0 Å². The molecule has 0 spiro atoms. The molecule has 0 saturated carbocycles.